The summed E-state index contributed by atoms with van der Waals surface area (Å²) in [5.74, 6) is 0. The molecule has 2 atom stereocenters. The summed E-state index contributed by atoms with van der Waals surface area (Å²) < 4.78 is 20.6. The van der Waals surface area contributed by atoms with Gasteiger partial charge in [-0.1, -0.05) is 0 Å². The standard InChI is InChI=1S/C13H29NO5/c1-12(10-18-4)19-11-13(15)9-14(5-7-16-2)6-8-17-3/h12-13,15H,5-11H2,1-4H3. The molecule has 6 heteroatoms. The molecule has 0 bridgehead atoms. The zero-order valence-electron chi connectivity index (χ0n) is 12.6. The Labute approximate surface area is 116 Å². The summed E-state index contributed by atoms with van der Waals surface area (Å²) in [6.07, 6.45) is -0.529. The summed E-state index contributed by atoms with van der Waals surface area (Å²) in [5, 5.41) is 9.95. The van der Waals surface area contributed by atoms with Gasteiger partial charge in [-0.3, -0.25) is 4.90 Å². The number of aliphatic hydroxyl groups excluding tert-OH is 1. The third-order valence-corrected chi connectivity index (χ3v) is 2.67. The Kier molecular flexibility index (Phi) is 12.6. The molecule has 0 aromatic carbocycles. The van der Waals surface area contributed by atoms with Crippen LogP contribution in [0.15, 0.2) is 0 Å². The molecule has 0 fully saturated rings. The predicted molar refractivity (Wildman–Crippen MR) is 73.5 cm³/mol. The van der Waals surface area contributed by atoms with Gasteiger partial charge in [-0.2, -0.15) is 0 Å². The van der Waals surface area contributed by atoms with Crippen LogP contribution in [-0.2, 0) is 18.9 Å². The summed E-state index contributed by atoms with van der Waals surface area (Å²) in [6, 6.07) is 0. The van der Waals surface area contributed by atoms with E-state index in [-0.39, 0.29) is 6.10 Å². The number of ether oxygens (including phenoxy) is 4. The number of methoxy groups -OCH3 is 3. The molecule has 0 aromatic heterocycles. The van der Waals surface area contributed by atoms with Crippen molar-refractivity contribution in [1.29, 1.82) is 0 Å². The van der Waals surface area contributed by atoms with Gasteiger partial charge in [0.15, 0.2) is 0 Å². The fourth-order valence-electron chi connectivity index (χ4n) is 1.64. The lowest BCUT2D eigenvalue weighted by molar-refractivity contribution is -0.0420. The molecule has 2 unspecified atom stereocenters. The largest absolute Gasteiger partial charge is 0.389 e. The van der Waals surface area contributed by atoms with E-state index in [2.05, 4.69) is 4.90 Å². The van der Waals surface area contributed by atoms with E-state index in [4.69, 9.17) is 18.9 Å². The molecular weight excluding hydrogens is 250 g/mol. The molecule has 0 spiro atoms. The summed E-state index contributed by atoms with van der Waals surface area (Å²) in [5.41, 5.74) is 0. The highest BCUT2D eigenvalue weighted by Crippen LogP contribution is 1.98. The van der Waals surface area contributed by atoms with Gasteiger partial charge in [-0.05, 0) is 6.92 Å². The average Bonchev–Trinajstić information content (AvgIpc) is 2.40. The van der Waals surface area contributed by atoms with Gasteiger partial charge in [0, 0.05) is 41.0 Å². The fraction of sp³-hybridized carbons (Fsp3) is 1.00. The van der Waals surface area contributed by atoms with E-state index in [0.29, 0.717) is 33.0 Å². The Bertz CT molecular complexity index is 186. The van der Waals surface area contributed by atoms with E-state index in [1.165, 1.54) is 0 Å². The van der Waals surface area contributed by atoms with Crippen LogP contribution in [0.25, 0.3) is 0 Å². The number of rotatable bonds is 13. The van der Waals surface area contributed by atoms with Crippen molar-refractivity contribution in [1.82, 2.24) is 4.90 Å². The van der Waals surface area contributed by atoms with Gasteiger partial charge in [-0.25, -0.2) is 0 Å². The lowest BCUT2D eigenvalue weighted by atomic mass is 10.3. The second-order valence-electron chi connectivity index (χ2n) is 4.54. The van der Waals surface area contributed by atoms with Crippen LogP contribution in [0.1, 0.15) is 6.92 Å². The third-order valence-electron chi connectivity index (χ3n) is 2.67. The molecule has 0 amide bonds. The zero-order chi connectivity index (χ0) is 14.5. The smallest absolute Gasteiger partial charge is 0.0900 e. The third kappa shape index (κ3) is 11.3. The van der Waals surface area contributed by atoms with Crippen molar-refractivity contribution in [2.45, 2.75) is 19.1 Å². The van der Waals surface area contributed by atoms with Gasteiger partial charge in [0.05, 0.1) is 38.6 Å². The highest BCUT2D eigenvalue weighted by atomic mass is 16.5. The van der Waals surface area contributed by atoms with E-state index in [1.807, 2.05) is 6.92 Å². The van der Waals surface area contributed by atoms with Gasteiger partial charge in [-0.15, -0.1) is 0 Å². The normalized spacial score (nSPS) is 14.8. The second kappa shape index (κ2) is 12.8. The van der Waals surface area contributed by atoms with Crippen LogP contribution >= 0.6 is 0 Å². The van der Waals surface area contributed by atoms with E-state index >= 15 is 0 Å². The molecule has 1 N–H and O–H groups in total. The Morgan fingerprint density at radius 2 is 1.53 bits per heavy atom. The van der Waals surface area contributed by atoms with Crippen molar-refractivity contribution < 1.29 is 24.1 Å². The van der Waals surface area contributed by atoms with Crippen LogP contribution in [0.3, 0.4) is 0 Å². The Morgan fingerprint density at radius 3 is 2.00 bits per heavy atom. The first-order valence-corrected chi connectivity index (χ1v) is 6.62. The van der Waals surface area contributed by atoms with Crippen LogP contribution in [0.5, 0.6) is 0 Å². The van der Waals surface area contributed by atoms with Crippen LogP contribution in [0, 0.1) is 0 Å². The summed E-state index contributed by atoms with van der Waals surface area (Å²) in [7, 11) is 4.97. The Morgan fingerprint density at radius 1 is 0.947 bits per heavy atom. The predicted octanol–water partition coefficient (Wildman–Crippen LogP) is -0.00640. The van der Waals surface area contributed by atoms with Crippen molar-refractivity contribution >= 4 is 0 Å². The van der Waals surface area contributed by atoms with Crippen LogP contribution in [-0.4, -0.2) is 89.6 Å². The molecule has 0 aliphatic rings. The average molecular weight is 279 g/mol. The zero-order valence-corrected chi connectivity index (χ0v) is 12.6. The maximum absolute atomic E-state index is 9.95. The van der Waals surface area contributed by atoms with Crippen LogP contribution < -0.4 is 0 Å². The fourth-order valence-corrected chi connectivity index (χ4v) is 1.64. The van der Waals surface area contributed by atoms with E-state index < -0.39 is 6.10 Å². The molecule has 0 radical (unpaired) electrons. The first-order chi connectivity index (χ1) is 9.13. The molecule has 6 nitrogen and oxygen atoms in total. The molecule has 0 rings (SSSR count). The molecule has 116 valence electrons. The number of aliphatic hydroxyl groups is 1. The summed E-state index contributed by atoms with van der Waals surface area (Å²) in [6.45, 7) is 6.12. The highest BCUT2D eigenvalue weighted by molar-refractivity contribution is 4.65. The molecule has 0 aromatic rings. The molecule has 19 heavy (non-hydrogen) atoms. The van der Waals surface area contributed by atoms with Gasteiger partial charge >= 0.3 is 0 Å². The quantitative estimate of drug-likeness (QED) is 0.512. The van der Waals surface area contributed by atoms with Crippen molar-refractivity contribution in [3.8, 4) is 0 Å². The SMILES string of the molecule is COCCN(CCOC)CC(O)COC(C)COC. The minimum atomic E-state index is -0.520. The number of hydrogen-bond donors (Lipinski definition) is 1. The highest BCUT2D eigenvalue weighted by Gasteiger charge is 2.13. The maximum atomic E-state index is 9.95. The van der Waals surface area contributed by atoms with Crippen molar-refractivity contribution in [2.24, 2.45) is 0 Å². The van der Waals surface area contributed by atoms with Crippen molar-refractivity contribution in [3.05, 3.63) is 0 Å². The molecule has 0 aliphatic carbocycles. The molecule has 0 saturated heterocycles. The van der Waals surface area contributed by atoms with Gasteiger partial charge in [0.25, 0.3) is 0 Å². The van der Waals surface area contributed by atoms with E-state index in [9.17, 15) is 5.11 Å². The van der Waals surface area contributed by atoms with Crippen LogP contribution in [0.4, 0.5) is 0 Å². The summed E-state index contributed by atoms with van der Waals surface area (Å²) >= 11 is 0. The first kappa shape index (κ1) is 18.8. The van der Waals surface area contributed by atoms with E-state index in [1.54, 1.807) is 21.3 Å². The monoisotopic (exact) mass is 279 g/mol. The Balaban J connectivity index is 3.89. The van der Waals surface area contributed by atoms with Crippen LogP contribution in [0.2, 0.25) is 0 Å². The molecule has 0 heterocycles. The van der Waals surface area contributed by atoms with Crippen molar-refractivity contribution in [3.63, 3.8) is 0 Å². The number of nitrogens with zero attached hydrogens (tertiary/aromatic N) is 1. The van der Waals surface area contributed by atoms with Gasteiger partial charge in [0.2, 0.25) is 0 Å². The van der Waals surface area contributed by atoms with E-state index in [0.717, 1.165) is 13.1 Å². The lowest BCUT2D eigenvalue weighted by Crippen LogP contribution is -2.39. The van der Waals surface area contributed by atoms with Crippen molar-refractivity contribution in [2.75, 3.05) is 67.4 Å². The summed E-state index contributed by atoms with van der Waals surface area (Å²) in [4.78, 5) is 2.10. The molecule has 0 saturated carbocycles. The molecule has 0 aliphatic heterocycles. The maximum Gasteiger partial charge on any atom is 0.0900 e. The minimum absolute atomic E-state index is 0.00829. The first-order valence-electron chi connectivity index (χ1n) is 6.62. The number of hydrogen-bond acceptors (Lipinski definition) is 6. The van der Waals surface area contributed by atoms with Gasteiger partial charge in [0.1, 0.15) is 0 Å². The minimum Gasteiger partial charge on any atom is -0.389 e. The second-order valence-corrected chi connectivity index (χ2v) is 4.54. The topological polar surface area (TPSA) is 60.4 Å². The van der Waals surface area contributed by atoms with Gasteiger partial charge < -0.3 is 24.1 Å². The Hall–Kier alpha value is -0.240. The molecular formula is C13H29NO5. The lowest BCUT2D eigenvalue weighted by Gasteiger charge is -2.25.